The van der Waals surface area contributed by atoms with Crippen LogP contribution in [0.4, 0.5) is 0 Å². The molecule has 0 aliphatic carbocycles. The van der Waals surface area contributed by atoms with Crippen LogP contribution in [0.25, 0.3) is 0 Å². The lowest BCUT2D eigenvalue weighted by atomic mass is 10.2. The van der Waals surface area contributed by atoms with Gasteiger partial charge in [0.15, 0.2) is 0 Å². The molecule has 12 heavy (non-hydrogen) atoms. The second-order valence-electron chi connectivity index (χ2n) is 3.14. The Bertz CT molecular complexity index is 179. The molecule has 1 fully saturated rings. The van der Waals surface area contributed by atoms with Gasteiger partial charge >= 0.3 is 0 Å². The molecule has 0 aromatic carbocycles. The molecule has 1 saturated heterocycles. The standard InChI is InChI=1S/C9H16N2O/c1-3-9(12)11-6-4-5-10-7-8(11)2/h3,8,10H,1,4-7H2,2H3. The van der Waals surface area contributed by atoms with Crippen LogP contribution >= 0.6 is 0 Å². The summed E-state index contributed by atoms with van der Waals surface area (Å²) in [6.07, 6.45) is 2.42. The maximum absolute atomic E-state index is 11.3. The zero-order valence-corrected chi connectivity index (χ0v) is 7.55. The lowest BCUT2D eigenvalue weighted by Crippen LogP contribution is -2.40. The van der Waals surface area contributed by atoms with Gasteiger partial charge in [-0.1, -0.05) is 6.58 Å². The SMILES string of the molecule is C=CC(=O)N1CCCNCC1C. The molecule has 3 nitrogen and oxygen atoms in total. The van der Waals surface area contributed by atoms with Crippen LogP contribution in [0.5, 0.6) is 0 Å². The number of hydrogen-bond donors (Lipinski definition) is 1. The van der Waals surface area contributed by atoms with Crippen LogP contribution in [0.2, 0.25) is 0 Å². The van der Waals surface area contributed by atoms with Gasteiger partial charge in [-0.15, -0.1) is 0 Å². The first kappa shape index (κ1) is 9.26. The van der Waals surface area contributed by atoms with Crippen LogP contribution in [0, 0.1) is 0 Å². The van der Waals surface area contributed by atoms with Gasteiger partial charge in [0.1, 0.15) is 0 Å². The van der Waals surface area contributed by atoms with E-state index in [9.17, 15) is 4.79 Å². The lowest BCUT2D eigenvalue weighted by Gasteiger charge is -2.25. The van der Waals surface area contributed by atoms with E-state index in [0.29, 0.717) is 0 Å². The van der Waals surface area contributed by atoms with Crippen molar-refractivity contribution < 1.29 is 4.79 Å². The topological polar surface area (TPSA) is 32.3 Å². The average Bonchev–Trinajstić information content (AvgIpc) is 2.28. The minimum absolute atomic E-state index is 0.0474. The molecule has 1 amide bonds. The Morgan fingerprint density at radius 3 is 3.17 bits per heavy atom. The predicted molar refractivity (Wildman–Crippen MR) is 48.9 cm³/mol. The molecule has 3 heteroatoms. The number of amides is 1. The van der Waals surface area contributed by atoms with Crippen molar-refractivity contribution in [3.05, 3.63) is 12.7 Å². The van der Waals surface area contributed by atoms with E-state index in [0.717, 1.165) is 26.1 Å². The van der Waals surface area contributed by atoms with Crippen LogP contribution < -0.4 is 5.32 Å². The number of carbonyl (C=O) groups is 1. The summed E-state index contributed by atoms with van der Waals surface area (Å²) in [4.78, 5) is 13.2. The predicted octanol–water partition coefficient (Wildman–Crippen LogP) is 0.383. The molecule has 0 radical (unpaired) electrons. The van der Waals surface area contributed by atoms with E-state index in [1.54, 1.807) is 0 Å². The number of hydrogen-bond acceptors (Lipinski definition) is 2. The molecule has 1 aliphatic heterocycles. The smallest absolute Gasteiger partial charge is 0.246 e. The van der Waals surface area contributed by atoms with Gasteiger partial charge in [-0.2, -0.15) is 0 Å². The van der Waals surface area contributed by atoms with Crippen molar-refractivity contribution in [2.75, 3.05) is 19.6 Å². The maximum atomic E-state index is 11.3. The van der Waals surface area contributed by atoms with Crippen molar-refractivity contribution in [1.29, 1.82) is 0 Å². The third kappa shape index (κ3) is 2.08. The lowest BCUT2D eigenvalue weighted by molar-refractivity contribution is -0.127. The molecule has 0 saturated carbocycles. The molecule has 1 heterocycles. The first-order chi connectivity index (χ1) is 5.75. The molecule has 1 unspecified atom stereocenters. The zero-order chi connectivity index (χ0) is 8.97. The average molecular weight is 168 g/mol. The first-order valence-electron chi connectivity index (χ1n) is 4.39. The third-order valence-corrected chi connectivity index (χ3v) is 2.18. The van der Waals surface area contributed by atoms with E-state index in [-0.39, 0.29) is 11.9 Å². The molecule has 1 N–H and O–H groups in total. The minimum Gasteiger partial charge on any atom is -0.335 e. The van der Waals surface area contributed by atoms with Crippen LogP contribution in [0.3, 0.4) is 0 Å². The Labute approximate surface area is 73.4 Å². The maximum Gasteiger partial charge on any atom is 0.246 e. The highest BCUT2D eigenvalue weighted by Gasteiger charge is 2.18. The summed E-state index contributed by atoms with van der Waals surface area (Å²) in [6.45, 7) is 8.28. The summed E-state index contributed by atoms with van der Waals surface area (Å²) in [5, 5.41) is 3.28. The van der Waals surface area contributed by atoms with Crippen molar-refractivity contribution in [3.63, 3.8) is 0 Å². The van der Waals surface area contributed by atoms with Gasteiger partial charge in [0.25, 0.3) is 0 Å². The molecular formula is C9H16N2O. The summed E-state index contributed by atoms with van der Waals surface area (Å²) in [5.74, 6) is 0.0474. The normalized spacial score (nSPS) is 24.8. The van der Waals surface area contributed by atoms with Crippen molar-refractivity contribution in [1.82, 2.24) is 10.2 Å². The highest BCUT2D eigenvalue weighted by atomic mass is 16.2. The van der Waals surface area contributed by atoms with Gasteiger partial charge in [0, 0.05) is 19.1 Å². The summed E-state index contributed by atoms with van der Waals surface area (Å²) in [5.41, 5.74) is 0. The molecule has 68 valence electrons. The van der Waals surface area contributed by atoms with E-state index in [4.69, 9.17) is 0 Å². The second kappa shape index (κ2) is 4.26. The largest absolute Gasteiger partial charge is 0.335 e. The second-order valence-corrected chi connectivity index (χ2v) is 3.14. The third-order valence-electron chi connectivity index (χ3n) is 2.18. The van der Waals surface area contributed by atoms with Gasteiger partial charge in [0.05, 0.1) is 0 Å². The minimum atomic E-state index is 0.0474. The van der Waals surface area contributed by atoms with Crippen LogP contribution in [-0.4, -0.2) is 36.5 Å². The van der Waals surface area contributed by atoms with Crippen molar-refractivity contribution >= 4 is 5.91 Å². The van der Waals surface area contributed by atoms with Crippen molar-refractivity contribution in [2.45, 2.75) is 19.4 Å². The van der Waals surface area contributed by atoms with Gasteiger partial charge in [-0.3, -0.25) is 4.79 Å². The first-order valence-corrected chi connectivity index (χ1v) is 4.39. The summed E-state index contributed by atoms with van der Waals surface area (Å²) >= 11 is 0. The Balaban J connectivity index is 2.58. The van der Waals surface area contributed by atoms with Crippen LogP contribution in [0.1, 0.15) is 13.3 Å². The summed E-state index contributed by atoms with van der Waals surface area (Å²) in [7, 11) is 0. The van der Waals surface area contributed by atoms with E-state index < -0.39 is 0 Å². The highest BCUT2D eigenvalue weighted by molar-refractivity contribution is 5.87. The molecule has 0 bridgehead atoms. The van der Waals surface area contributed by atoms with Crippen molar-refractivity contribution in [2.24, 2.45) is 0 Å². The Morgan fingerprint density at radius 1 is 1.75 bits per heavy atom. The van der Waals surface area contributed by atoms with E-state index in [1.807, 2.05) is 4.90 Å². The monoisotopic (exact) mass is 168 g/mol. The number of rotatable bonds is 1. The Kier molecular flexibility index (Phi) is 3.29. The molecule has 1 atom stereocenters. The Morgan fingerprint density at radius 2 is 2.50 bits per heavy atom. The molecule has 0 spiro atoms. The summed E-state index contributed by atoms with van der Waals surface area (Å²) in [6, 6.07) is 0.290. The molecule has 1 aliphatic rings. The van der Waals surface area contributed by atoms with Crippen LogP contribution in [-0.2, 0) is 4.79 Å². The van der Waals surface area contributed by atoms with Gasteiger partial charge in [0.2, 0.25) is 5.91 Å². The summed E-state index contributed by atoms with van der Waals surface area (Å²) < 4.78 is 0. The molecule has 0 aromatic heterocycles. The van der Waals surface area contributed by atoms with Gasteiger partial charge < -0.3 is 10.2 Å². The van der Waals surface area contributed by atoms with Crippen LogP contribution in [0.15, 0.2) is 12.7 Å². The fourth-order valence-corrected chi connectivity index (χ4v) is 1.46. The van der Waals surface area contributed by atoms with Gasteiger partial charge in [-0.25, -0.2) is 0 Å². The number of nitrogens with zero attached hydrogens (tertiary/aromatic N) is 1. The molecular weight excluding hydrogens is 152 g/mol. The van der Waals surface area contributed by atoms with Crippen molar-refractivity contribution in [3.8, 4) is 0 Å². The highest BCUT2D eigenvalue weighted by Crippen LogP contribution is 2.04. The van der Waals surface area contributed by atoms with Gasteiger partial charge in [-0.05, 0) is 26.0 Å². The fourth-order valence-electron chi connectivity index (χ4n) is 1.46. The fraction of sp³-hybridized carbons (Fsp3) is 0.667. The van der Waals surface area contributed by atoms with E-state index >= 15 is 0 Å². The van der Waals surface area contributed by atoms with E-state index in [1.165, 1.54) is 6.08 Å². The van der Waals surface area contributed by atoms with E-state index in [2.05, 4.69) is 18.8 Å². The molecule has 0 aromatic rings. The molecule has 1 rings (SSSR count). The number of nitrogens with one attached hydrogen (secondary N) is 1. The number of carbonyl (C=O) groups excluding carboxylic acids is 1. The Hall–Kier alpha value is -0.830. The quantitative estimate of drug-likeness (QED) is 0.574. The zero-order valence-electron chi connectivity index (χ0n) is 7.55.